The van der Waals surface area contributed by atoms with Crippen LogP contribution in [-0.4, -0.2) is 23.1 Å². The summed E-state index contributed by atoms with van der Waals surface area (Å²) in [5.41, 5.74) is 2.65. The number of rotatable bonds is 5. The van der Waals surface area contributed by atoms with Crippen LogP contribution in [0.1, 0.15) is 30.9 Å². The maximum absolute atomic E-state index is 11.8. The van der Waals surface area contributed by atoms with Gasteiger partial charge in [-0.05, 0) is 43.5 Å². The van der Waals surface area contributed by atoms with Crippen molar-refractivity contribution < 1.29 is 14.7 Å². The molecule has 1 atom stereocenters. The highest BCUT2D eigenvalue weighted by Gasteiger charge is 2.18. The normalized spacial score (nSPS) is 11.8. The van der Waals surface area contributed by atoms with Crippen molar-refractivity contribution in [3.05, 3.63) is 27.7 Å². The third kappa shape index (κ3) is 4.52. The number of halogens is 1. The van der Waals surface area contributed by atoms with Crippen LogP contribution in [0.25, 0.3) is 0 Å². The number of carboxylic acid groups (broad SMARTS) is 1. The monoisotopic (exact) mass is 342 g/mol. The summed E-state index contributed by atoms with van der Waals surface area (Å²) < 4.78 is 0.998. The average Bonchev–Trinajstić information content (AvgIpc) is 2.35. The van der Waals surface area contributed by atoms with Gasteiger partial charge in [0.05, 0.1) is 0 Å². The number of nitrogens with one attached hydrogen (secondary N) is 2. The fraction of sp³-hybridized carbons (Fsp3) is 0.429. The molecule has 0 fully saturated rings. The molecule has 0 radical (unpaired) electrons. The van der Waals surface area contributed by atoms with Gasteiger partial charge in [-0.3, -0.25) is 0 Å². The Bertz CT molecular complexity index is 494. The van der Waals surface area contributed by atoms with Crippen LogP contribution in [0.4, 0.5) is 10.5 Å². The third-order valence-corrected chi connectivity index (χ3v) is 4.13. The van der Waals surface area contributed by atoms with E-state index < -0.39 is 18.0 Å². The molecule has 1 rings (SSSR count). The molecule has 5 nitrogen and oxygen atoms in total. The zero-order valence-electron chi connectivity index (χ0n) is 11.8. The van der Waals surface area contributed by atoms with E-state index in [1.54, 1.807) is 0 Å². The van der Waals surface area contributed by atoms with E-state index >= 15 is 0 Å². The molecule has 0 saturated heterocycles. The number of hydrogen-bond donors (Lipinski definition) is 3. The molecule has 1 aromatic carbocycles. The van der Waals surface area contributed by atoms with Gasteiger partial charge >= 0.3 is 12.0 Å². The summed E-state index contributed by atoms with van der Waals surface area (Å²) in [4.78, 5) is 22.8. The zero-order chi connectivity index (χ0) is 15.3. The van der Waals surface area contributed by atoms with Crippen molar-refractivity contribution in [1.29, 1.82) is 0 Å². The fourth-order valence-electron chi connectivity index (χ4n) is 1.89. The molecule has 0 spiro atoms. The smallest absolute Gasteiger partial charge is 0.326 e. The maximum Gasteiger partial charge on any atom is 0.326 e. The Morgan fingerprint density at radius 2 is 1.85 bits per heavy atom. The topological polar surface area (TPSA) is 78.4 Å². The minimum Gasteiger partial charge on any atom is -0.480 e. The summed E-state index contributed by atoms with van der Waals surface area (Å²) in [5, 5.41) is 14.1. The minimum atomic E-state index is -1.02. The SMILES string of the molecule is CCC[C@H](NC(=O)Nc1cc(C)c(Br)c(C)c1)C(=O)O. The van der Waals surface area contributed by atoms with Crippen molar-refractivity contribution in [3.63, 3.8) is 0 Å². The highest BCUT2D eigenvalue weighted by Crippen LogP contribution is 2.24. The summed E-state index contributed by atoms with van der Waals surface area (Å²) in [6.45, 7) is 5.73. The van der Waals surface area contributed by atoms with Crippen LogP contribution in [0.15, 0.2) is 16.6 Å². The number of aryl methyl sites for hydroxylation is 2. The number of urea groups is 1. The lowest BCUT2D eigenvalue weighted by Gasteiger charge is -2.15. The molecule has 1 aromatic rings. The molecule has 0 aliphatic carbocycles. The average molecular weight is 343 g/mol. The molecule has 0 saturated carbocycles. The zero-order valence-corrected chi connectivity index (χ0v) is 13.4. The van der Waals surface area contributed by atoms with Crippen LogP contribution in [0.3, 0.4) is 0 Å². The van der Waals surface area contributed by atoms with Crippen LogP contribution in [-0.2, 0) is 4.79 Å². The lowest BCUT2D eigenvalue weighted by molar-refractivity contribution is -0.139. The number of hydrogen-bond acceptors (Lipinski definition) is 2. The van der Waals surface area contributed by atoms with Gasteiger partial charge in [0.1, 0.15) is 6.04 Å². The van der Waals surface area contributed by atoms with Crippen LogP contribution < -0.4 is 10.6 Å². The lowest BCUT2D eigenvalue weighted by Crippen LogP contribution is -2.42. The third-order valence-electron chi connectivity index (χ3n) is 2.88. The summed E-state index contributed by atoms with van der Waals surface area (Å²) in [5.74, 6) is -1.02. The molecule has 0 aromatic heterocycles. The maximum atomic E-state index is 11.8. The molecule has 110 valence electrons. The van der Waals surface area contributed by atoms with E-state index in [1.165, 1.54) is 0 Å². The second-order valence-electron chi connectivity index (χ2n) is 4.70. The number of aliphatic carboxylic acids is 1. The highest BCUT2D eigenvalue weighted by molar-refractivity contribution is 9.10. The van der Waals surface area contributed by atoms with E-state index in [0.29, 0.717) is 18.5 Å². The van der Waals surface area contributed by atoms with Crippen molar-refractivity contribution in [2.24, 2.45) is 0 Å². The second kappa shape index (κ2) is 7.28. The van der Waals surface area contributed by atoms with Crippen molar-refractivity contribution in [2.45, 2.75) is 39.7 Å². The molecular formula is C14H19BrN2O3. The van der Waals surface area contributed by atoms with Crippen LogP contribution in [0.2, 0.25) is 0 Å². The van der Waals surface area contributed by atoms with E-state index in [9.17, 15) is 9.59 Å². The number of carbonyl (C=O) groups excluding carboxylic acids is 1. The van der Waals surface area contributed by atoms with Gasteiger partial charge in [-0.2, -0.15) is 0 Å². The Morgan fingerprint density at radius 3 is 2.30 bits per heavy atom. The Labute approximate surface area is 126 Å². The standard InChI is InChI=1S/C14H19BrN2O3/c1-4-5-11(13(18)19)17-14(20)16-10-6-8(2)12(15)9(3)7-10/h6-7,11H,4-5H2,1-3H3,(H,18,19)(H2,16,17,20)/t11-/m0/s1. The van der Waals surface area contributed by atoms with E-state index in [0.717, 1.165) is 15.6 Å². The number of carbonyl (C=O) groups is 2. The quantitative estimate of drug-likeness (QED) is 0.766. The highest BCUT2D eigenvalue weighted by atomic mass is 79.9. The largest absolute Gasteiger partial charge is 0.480 e. The summed E-state index contributed by atoms with van der Waals surface area (Å²) in [6, 6.07) is 2.28. The molecule has 0 bridgehead atoms. The first-order valence-electron chi connectivity index (χ1n) is 6.42. The first kappa shape index (κ1) is 16.5. The van der Waals surface area contributed by atoms with Crippen molar-refractivity contribution in [1.82, 2.24) is 5.32 Å². The van der Waals surface area contributed by atoms with Gasteiger partial charge < -0.3 is 15.7 Å². The Balaban J connectivity index is 2.73. The number of benzene rings is 1. The number of anilines is 1. The van der Waals surface area contributed by atoms with E-state index in [2.05, 4.69) is 26.6 Å². The Hall–Kier alpha value is -1.56. The molecule has 0 aliphatic heterocycles. The number of amides is 2. The molecule has 3 N–H and O–H groups in total. The lowest BCUT2D eigenvalue weighted by atomic mass is 10.1. The molecule has 6 heteroatoms. The van der Waals surface area contributed by atoms with E-state index in [-0.39, 0.29) is 0 Å². The Morgan fingerprint density at radius 1 is 1.30 bits per heavy atom. The molecular weight excluding hydrogens is 324 g/mol. The van der Waals surface area contributed by atoms with Crippen molar-refractivity contribution in [2.75, 3.05) is 5.32 Å². The van der Waals surface area contributed by atoms with Gasteiger partial charge in [0.2, 0.25) is 0 Å². The minimum absolute atomic E-state index is 0.404. The predicted molar refractivity (Wildman–Crippen MR) is 82.1 cm³/mol. The predicted octanol–water partition coefficient (Wildman–Crippen LogP) is 3.44. The molecule has 0 heterocycles. The van der Waals surface area contributed by atoms with E-state index in [1.807, 2.05) is 32.9 Å². The van der Waals surface area contributed by atoms with Gasteiger partial charge in [0.15, 0.2) is 0 Å². The van der Waals surface area contributed by atoms with Gasteiger partial charge in [0.25, 0.3) is 0 Å². The van der Waals surface area contributed by atoms with Crippen LogP contribution in [0.5, 0.6) is 0 Å². The number of carboxylic acids is 1. The molecule has 2 amide bonds. The van der Waals surface area contributed by atoms with Crippen molar-refractivity contribution in [3.8, 4) is 0 Å². The van der Waals surface area contributed by atoms with Gasteiger partial charge in [-0.15, -0.1) is 0 Å². The van der Waals surface area contributed by atoms with Crippen LogP contribution in [0, 0.1) is 13.8 Å². The molecule has 0 aliphatic rings. The van der Waals surface area contributed by atoms with Gasteiger partial charge in [-0.1, -0.05) is 29.3 Å². The summed E-state index contributed by atoms with van der Waals surface area (Å²) in [7, 11) is 0. The fourth-order valence-corrected chi connectivity index (χ4v) is 2.12. The first-order chi connectivity index (χ1) is 9.35. The molecule has 0 unspecified atom stereocenters. The van der Waals surface area contributed by atoms with Crippen molar-refractivity contribution >= 4 is 33.6 Å². The van der Waals surface area contributed by atoms with Gasteiger partial charge in [-0.25, -0.2) is 9.59 Å². The summed E-state index contributed by atoms with van der Waals surface area (Å²) >= 11 is 3.45. The Kier molecular flexibility index (Phi) is 6.01. The second-order valence-corrected chi connectivity index (χ2v) is 5.49. The van der Waals surface area contributed by atoms with Crippen LogP contribution >= 0.6 is 15.9 Å². The summed E-state index contributed by atoms with van der Waals surface area (Å²) in [6.07, 6.45) is 1.09. The molecule has 20 heavy (non-hydrogen) atoms. The van der Waals surface area contributed by atoms with Gasteiger partial charge in [0, 0.05) is 10.2 Å². The van der Waals surface area contributed by atoms with E-state index in [4.69, 9.17) is 5.11 Å². The first-order valence-corrected chi connectivity index (χ1v) is 7.21.